The first-order valence-corrected chi connectivity index (χ1v) is 13.6. The Morgan fingerprint density at radius 1 is 1.02 bits per heavy atom. The molecule has 0 aliphatic rings. The topological polar surface area (TPSA) is 161 Å². The molecule has 0 fully saturated rings. The first-order valence-electron chi connectivity index (χ1n) is 13.2. The molecule has 3 N–H and O–H groups in total. The molecule has 0 bridgehead atoms. The second kappa shape index (κ2) is 15.2. The van der Waals surface area contributed by atoms with Gasteiger partial charge in [-0.15, -0.1) is 10.2 Å². The van der Waals surface area contributed by atoms with E-state index in [0.717, 1.165) is 47.3 Å². The first kappa shape index (κ1) is 30.1. The van der Waals surface area contributed by atoms with Crippen molar-refractivity contribution in [3.63, 3.8) is 0 Å². The summed E-state index contributed by atoms with van der Waals surface area (Å²) in [5.74, 6) is 1.34. The molecular formula is C27H32ClN7O6. The number of aromatic amines is 1. The number of carbonyl (C=O) groups excluding carboxylic acids is 1. The maximum Gasteiger partial charge on any atom is 0.508 e. The molecule has 0 spiro atoms. The predicted octanol–water partition coefficient (Wildman–Crippen LogP) is 5.22. The van der Waals surface area contributed by atoms with Crippen molar-refractivity contribution in [1.82, 2.24) is 35.6 Å². The van der Waals surface area contributed by atoms with Gasteiger partial charge in [0.2, 0.25) is 5.82 Å². The fourth-order valence-electron chi connectivity index (χ4n) is 4.21. The first-order chi connectivity index (χ1) is 20.0. The highest BCUT2D eigenvalue weighted by molar-refractivity contribution is 6.30. The van der Waals surface area contributed by atoms with Crippen LogP contribution in [0.4, 0.5) is 4.79 Å². The van der Waals surface area contributed by atoms with E-state index in [2.05, 4.69) is 37.4 Å². The molecule has 2 aromatic carbocycles. The van der Waals surface area contributed by atoms with Gasteiger partial charge in [-0.1, -0.05) is 73.5 Å². The van der Waals surface area contributed by atoms with Crippen LogP contribution in [0.5, 0.6) is 0 Å². The summed E-state index contributed by atoms with van der Waals surface area (Å²) in [5, 5.41) is 31.3. The van der Waals surface area contributed by atoms with Crippen LogP contribution in [0.15, 0.2) is 48.5 Å². The molecule has 4 rings (SSSR count). The largest absolute Gasteiger partial charge is 0.508 e. The van der Waals surface area contributed by atoms with E-state index in [1.54, 1.807) is 0 Å². The van der Waals surface area contributed by atoms with Crippen molar-refractivity contribution < 1.29 is 29.5 Å². The number of benzene rings is 2. The smallest absolute Gasteiger partial charge is 0.434 e. The second-order valence-corrected chi connectivity index (χ2v) is 9.47. The normalized spacial score (nSPS) is 11.2. The van der Waals surface area contributed by atoms with Gasteiger partial charge in [0.15, 0.2) is 5.15 Å². The summed E-state index contributed by atoms with van der Waals surface area (Å²) < 4.78 is 12.4. The molecule has 0 amide bonds. The van der Waals surface area contributed by atoms with E-state index in [0.29, 0.717) is 30.9 Å². The van der Waals surface area contributed by atoms with Crippen LogP contribution in [0.2, 0.25) is 5.15 Å². The zero-order valence-corrected chi connectivity index (χ0v) is 23.3. The highest BCUT2D eigenvalue weighted by Crippen LogP contribution is 2.30. The summed E-state index contributed by atoms with van der Waals surface area (Å²) >= 11 is 6.50. The lowest BCUT2D eigenvalue weighted by Crippen LogP contribution is -2.16. The highest BCUT2D eigenvalue weighted by atomic mass is 35.5. The number of hydrogen-bond acceptors (Lipinski definition) is 11. The Morgan fingerprint density at radius 2 is 1.78 bits per heavy atom. The Bertz CT molecular complexity index is 1380. The SMILES string of the molecule is CCCCc1nc(Cl)c(COC(=O)OCCCCON(O)O)n1Cc1ccc(-c2ccccc2-c2nn[nH]n2)cc1. The summed E-state index contributed by atoms with van der Waals surface area (Å²) in [6.07, 6.45) is 2.74. The average Bonchev–Trinajstić information content (AvgIpc) is 3.61. The van der Waals surface area contributed by atoms with Crippen LogP contribution in [0.25, 0.3) is 22.5 Å². The molecule has 41 heavy (non-hydrogen) atoms. The van der Waals surface area contributed by atoms with Gasteiger partial charge in [0.05, 0.1) is 24.3 Å². The van der Waals surface area contributed by atoms with Crippen LogP contribution in [-0.4, -0.2) is 65.3 Å². The van der Waals surface area contributed by atoms with Gasteiger partial charge in [-0.2, -0.15) is 5.21 Å². The van der Waals surface area contributed by atoms with E-state index < -0.39 is 6.16 Å². The molecule has 4 aromatic rings. The standard InChI is InChI=1S/C27H32ClN7O6/c1-2-3-10-24-29-25(28)23(18-40-27(36)39-15-6-7-16-41-35(37)38)34(24)17-19-11-13-20(14-12-19)21-8-4-5-9-22(21)26-30-32-33-31-26/h4-5,8-9,11-14,37-38H,2-3,6-7,10,15-18H2,1H3,(H,30,31,32,33). The van der Waals surface area contributed by atoms with Crippen molar-refractivity contribution in [2.24, 2.45) is 0 Å². The van der Waals surface area contributed by atoms with Gasteiger partial charge in [0.1, 0.15) is 12.4 Å². The van der Waals surface area contributed by atoms with Crippen LogP contribution in [0, 0.1) is 0 Å². The van der Waals surface area contributed by atoms with Gasteiger partial charge in [0.25, 0.3) is 0 Å². The number of hydrogen-bond donors (Lipinski definition) is 3. The minimum atomic E-state index is -0.833. The highest BCUT2D eigenvalue weighted by Gasteiger charge is 2.19. The number of nitrogens with zero attached hydrogens (tertiary/aromatic N) is 6. The lowest BCUT2D eigenvalue weighted by atomic mass is 9.98. The Morgan fingerprint density at radius 3 is 2.49 bits per heavy atom. The summed E-state index contributed by atoms with van der Waals surface area (Å²) in [4.78, 5) is 21.2. The molecular weight excluding hydrogens is 554 g/mol. The Labute approximate surface area is 241 Å². The van der Waals surface area contributed by atoms with Crippen LogP contribution in [-0.2, 0) is 33.9 Å². The molecule has 0 aliphatic heterocycles. The van der Waals surface area contributed by atoms with Crippen molar-refractivity contribution in [2.45, 2.75) is 52.2 Å². The summed E-state index contributed by atoms with van der Waals surface area (Å²) in [6, 6.07) is 16.0. The maximum absolute atomic E-state index is 12.2. The van der Waals surface area contributed by atoms with Crippen molar-refractivity contribution in [3.05, 3.63) is 70.8 Å². The zero-order chi connectivity index (χ0) is 29.0. The number of tetrazole rings is 1. The van der Waals surface area contributed by atoms with E-state index in [1.165, 1.54) is 0 Å². The van der Waals surface area contributed by atoms with Gasteiger partial charge in [-0.3, -0.25) is 15.3 Å². The fraction of sp³-hybridized carbons (Fsp3) is 0.370. The summed E-state index contributed by atoms with van der Waals surface area (Å²) in [5.41, 5.74) is 4.47. The molecule has 0 unspecified atom stereocenters. The van der Waals surface area contributed by atoms with Crippen LogP contribution in [0.3, 0.4) is 0 Å². The maximum atomic E-state index is 12.2. The number of halogens is 1. The zero-order valence-electron chi connectivity index (χ0n) is 22.6. The summed E-state index contributed by atoms with van der Waals surface area (Å²) in [7, 11) is 0. The minimum Gasteiger partial charge on any atom is -0.434 e. The van der Waals surface area contributed by atoms with Crippen LogP contribution in [0.1, 0.15) is 49.7 Å². The third kappa shape index (κ3) is 8.55. The van der Waals surface area contributed by atoms with Crippen molar-refractivity contribution in [3.8, 4) is 22.5 Å². The van der Waals surface area contributed by atoms with Gasteiger partial charge in [0, 0.05) is 18.5 Å². The van der Waals surface area contributed by atoms with Crippen molar-refractivity contribution >= 4 is 17.8 Å². The number of aromatic nitrogens is 6. The number of unbranched alkanes of at least 4 members (excludes halogenated alkanes) is 2. The molecule has 218 valence electrons. The minimum absolute atomic E-state index is 0.0625. The molecule has 0 atom stereocenters. The number of imidazole rings is 1. The number of aryl methyl sites for hydroxylation is 1. The van der Waals surface area contributed by atoms with Gasteiger partial charge >= 0.3 is 6.16 Å². The quantitative estimate of drug-likeness (QED) is 0.0952. The molecule has 0 aliphatic carbocycles. The van der Waals surface area contributed by atoms with Crippen molar-refractivity contribution in [1.29, 1.82) is 0 Å². The van der Waals surface area contributed by atoms with E-state index in [-0.39, 0.29) is 30.4 Å². The molecule has 0 saturated carbocycles. The van der Waals surface area contributed by atoms with E-state index in [9.17, 15) is 4.79 Å². The lowest BCUT2D eigenvalue weighted by Gasteiger charge is -2.14. The monoisotopic (exact) mass is 585 g/mol. The Hall–Kier alpha value is -3.88. The number of ether oxygens (including phenoxy) is 2. The number of carbonyl (C=O) groups is 1. The number of nitrogens with one attached hydrogen (secondary N) is 1. The molecule has 2 aromatic heterocycles. The second-order valence-electron chi connectivity index (χ2n) is 9.11. The third-order valence-corrected chi connectivity index (χ3v) is 6.57. The van der Waals surface area contributed by atoms with E-state index in [1.807, 2.05) is 53.1 Å². The average molecular weight is 586 g/mol. The molecule has 0 saturated heterocycles. The van der Waals surface area contributed by atoms with Crippen molar-refractivity contribution in [2.75, 3.05) is 13.2 Å². The van der Waals surface area contributed by atoms with Crippen LogP contribution < -0.4 is 0 Å². The van der Waals surface area contributed by atoms with E-state index in [4.69, 9.17) is 31.5 Å². The third-order valence-electron chi connectivity index (χ3n) is 6.27. The molecule has 2 heterocycles. The predicted molar refractivity (Wildman–Crippen MR) is 147 cm³/mol. The molecule has 0 radical (unpaired) electrons. The number of H-pyrrole nitrogens is 1. The van der Waals surface area contributed by atoms with Gasteiger partial charge in [-0.05, 0) is 41.2 Å². The van der Waals surface area contributed by atoms with Gasteiger partial charge in [-0.25, -0.2) is 9.78 Å². The summed E-state index contributed by atoms with van der Waals surface area (Å²) in [6.45, 7) is 2.66. The van der Waals surface area contributed by atoms with Gasteiger partial charge < -0.3 is 14.0 Å². The number of rotatable bonds is 15. The molecule has 14 heteroatoms. The lowest BCUT2D eigenvalue weighted by molar-refractivity contribution is -0.492. The van der Waals surface area contributed by atoms with E-state index >= 15 is 0 Å². The van der Waals surface area contributed by atoms with Crippen LogP contribution >= 0.6 is 11.6 Å². The Kier molecular flexibility index (Phi) is 11.2. The molecule has 13 nitrogen and oxygen atoms in total. The fourth-order valence-corrected chi connectivity index (χ4v) is 4.46. The Balaban J connectivity index is 1.43.